The summed E-state index contributed by atoms with van der Waals surface area (Å²) in [7, 11) is 0. The van der Waals surface area contributed by atoms with Crippen LogP contribution in [0.5, 0.6) is 0 Å². The fourth-order valence-corrected chi connectivity index (χ4v) is 3.75. The van der Waals surface area contributed by atoms with Crippen LogP contribution in [0.4, 0.5) is 0 Å². The van der Waals surface area contributed by atoms with Crippen molar-refractivity contribution >= 4 is 5.91 Å². The van der Waals surface area contributed by atoms with Crippen molar-refractivity contribution in [3.05, 3.63) is 35.9 Å². The van der Waals surface area contributed by atoms with Gasteiger partial charge in [0.15, 0.2) is 0 Å². The fraction of sp³-hybridized carbons (Fsp3) is 0.632. The molecule has 3 rings (SSSR count). The largest absolute Gasteiger partial charge is 0.336 e. The molecule has 2 aliphatic rings. The van der Waals surface area contributed by atoms with Crippen LogP contribution in [0.25, 0.3) is 0 Å². The highest BCUT2D eigenvalue weighted by Gasteiger charge is 2.38. The maximum atomic E-state index is 12.8. The summed E-state index contributed by atoms with van der Waals surface area (Å²) in [5, 5.41) is 0. The van der Waals surface area contributed by atoms with E-state index in [2.05, 4.69) is 24.0 Å². The maximum absolute atomic E-state index is 12.8. The van der Waals surface area contributed by atoms with Crippen LogP contribution in [0.1, 0.15) is 57.4 Å². The molecule has 0 heterocycles. The van der Waals surface area contributed by atoms with Crippen LogP contribution in [-0.4, -0.2) is 22.9 Å². The normalized spacial score (nSPS) is 25.6. The van der Waals surface area contributed by atoms with Gasteiger partial charge in [-0.2, -0.15) is 0 Å². The average Bonchev–Trinajstić information content (AvgIpc) is 3.34. The molecule has 0 unspecified atom stereocenters. The van der Waals surface area contributed by atoms with Gasteiger partial charge in [0.25, 0.3) is 0 Å². The number of rotatable bonds is 5. The molecule has 1 aromatic rings. The second-order valence-corrected chi connectivity index (χ2v) is 6.78. The molecule has 114 valence electrons. The number of benzene rings is 1. The van der Waals surface area contributed by atoms with Gasteiger partial charge < -0.3 is 4.90 Å². The first-order valence-electron chi connectivity index (χ1n) is 8.63. The average molecular weight is 285 g/mol. The number of carbonyl (C=O) groups is 1. The van der Waals surface area contributed by atoms with Crippen LogP contribution in [-0.2, 0) is 11.2 Å². The van der Waals surface area contributed by atoms with Crippen LogP contribution in [0.2, 0.25) is 0 Å². The van der Waals surface area contributed by atoms with E-state index in [4.69, 9.17) is 0 Å². The van der Waals surface area contributed by atoms with Crippen LogP contribution in [0.15, 0.2) is 30.3 Å². The van der Waals surface area contributed by atoms with E-state index in [0.29, 0.717) is 24.4 Å². The highest BCUT2D eigenvalue weighted by molar-refractivity contribution is 5.79. The molecule has 1 amide bonds. The van der Waals surface area contributed by atoms with Crippen LogP contribution in [0.3, 0.4) is 0 Å². The molecule has 0 bridgehead atoms. The second kappa shape index (κ2) is 6.64. The Morgan fingerprint density at radius 3 is 2.10 bits per heavy atom. The lowest BCUT2D eigenvalue weighted by Crippen LogP contribution is -2.44. The minimum absolute atomic E-state index is 0.351. The van der Waals surface area contributed by atoms with Crippen LogP contribution >= 0.6 is 0 Å². The Kier molecular flexibility index (Phi) is 4.62. The Bertz CT molecular complexity index is 458. The van der Waals surface area contributed by atoms with Crippen LogP contribution < -0.4 is 0 Å². The molecule has 2 fully saturated rings. The predicted octanol–water partition coefficient (Wildman–Crippen LogP) is 4.19. The van der Waals surface area contributed by atoms with Crippen molar-refractivity contribution in [2.75, 3.05) is 0 Å². The van der Waals surface area contributed by atoms with Gasteiger partial charge in [0.1, 0.15) is 0 Å². The molecule has 0 radical (unpaired) electrons. The topological polar surface area (TPSA) is 20.3 Å². The maximum Gasteiger partial charge on any atom is 0.227 e. The number of nitrogens with zero attached hydrogens (tertiary/aromatic N) is 1. The lowest BCUT2D eigenvalue weighted by molar-refractivity contribution is -0.134. The van der Waals surface area contributed by atoms with E-state index in [9.17, 15) is 4.79 Å². The minimum Gasteiger partial charge on any atom is -0.336 e. The highest BCUT2D eigenvalue weighted by Crippen LogP contribution is 2.36. The standard InChI is InChI=1S/C19H27NO/c1-2-15-8-10-17(11-9-15)20(18-12-13-18)19(21)14-16-6-4-3-5-7-16/h3-7,15,17-18H,2,8-14H2,1H3. The molecule has 21 heavy (non-hydrogen) atoms. The Morgan fingerprint density at radius 2 is 1.57 bits per heavy atom. The van der Waals surface area contributed by atoms with Crippen molar-refractivity contribution < 1.29 is 4.79 Å². The van der Waals surface area contributed by atoms with E-state index in [-0.39, 0.29) is 0 Å². The summed E-state index contributed by atoms with van der Waals surface area (Å²) < 4.78 is 0. The fourth-order valence-electron chi connectivity index (χ4n) is 3.75. The molecule has 2 aliphatic carbocycles. The van der Waals surface area contributed by atoms with Crippen molar-refractivity contribution in [2.24, 2.45) is 5.92 Å². The van der Waals surface area contributed by atoms with E-state index in [0.717, 1.165) is 11.5 Å². The Labute approximate surface area is 128 Å². The van der Waals surface area contributed by atoms with E-state index in [1.807, 2.05) is 18.2 Å². The molecular formula is C19H27NO. The van der Waals surface area contributed by atoms with E-state index < -0.39 is 0 Å². The smallest absolute Gasteiger partial charge is 0.227 e. The first-order chi connectivity index (χ1) is 10.3. The molecule has 0 saturated heterocycles. The summed E-state index contributed by atoms with van der Waals surface area (Å²) in [5.41, 5.74) is 1.15. The number of hydrogen-bond acceptors (Lipinski definition) is 1. The van der Waals surface area contributed by atoms with Crippen molar-refractivity contribution in [1.82, 2.24) is 4.90 Å². The van der Waals surface area contributed by atoms with Gasteiger partial charge in [0.2, 0.25) is 5.91 Å². The van der Waals surface area contributed by atoms with Gasteiger partial charge in [0, 0.05) is 12.1 Å². The molecule has 2 saturated carbocycles. The highest BCUT2D eigenvalue weighted by atomic mass is 16.2. The Hall–Kier alpha value is -1.31. The first kappa shape index (κ1) is 14.6. The zero-order chi connectivity index (χ0) is 14.7. The van der Waals surface area contributed by atoms with Gasteiger partial charge in [-0.15, -0.1) is 0 Å². The molecule has 2 heteroatoms. The molecule has 0 aliphatic heterocycles. The monoisotopic (exact) mass is 285 g/mol. The third-order valence-electron chi connectivity index (χ3n) is 5.21. The Balaban J connectivity index is 1.63. The molecule has 0 aromatic heterocycles. The van der Waals surface area contributed by atoms with E-state index in [1.54, 1.807) is 0 Å². The summed E-state index contributed by atoms with van der Waals surface area (Å²) in [5.74, 6) is 1.25. The molecule has 2 nitrogen and oxygen atoms in total. The summed E-state index contributed by atoms with van der Waals surface area (Å²) >= 11 is 0. The quantitative estimate of drug-likeness (QED) is 0.794. The van der Waals surface area contributed by atoms with Gasteiger partial charge in [-0.25, -0.2) is 0 Å². The van der Waals surface area contributed by atoms with E-state index >= 15 is 0 Å². The van der Waals surface area contributed by atoms with Gasteiger partial charge in [-0.05, 0) is 50.0 Å². The lowest BCUT2D eigenvalue weighted by atomic mass is 9.83. The predicted molar refractivity (Wildman–Crippen MR) is 86.1 cm³/mol. The van der Waals surface area contributed by atoms with Gasteiger partial charge in [-0.1, -0.05) is 43.7 Å². The van der Waals surface area contributed by atoms with Crippen molar-refractivity contribution in [3.63, 3.8) is 0 Å². The summed E-state index contributed by atoms with van der Waals surface area (Å²) in [6.45, 7) is 2.30. The summed E-state index contributed by atoms with van der Waals surface area (Å²) in [6.07, 6.45) is 9.36. The van der Waals surface area contributed by atoms with E-state index in [1.165, 1.54) is 44.9 Å². The number of carbonyl (C=O) groups excluding carboxylic acids is 1. The van der Waals surface area contributed by atoms with Gasteiger partial charge >= 0.3 is 0 Å². The SMILES string of the molecule is CCC1CCC(N(C(=O)Cc2ccccc2)C2CC2)CC1. The second-order valence-electron chi connectivity index (χ2n) is 6.78. The van der Waals surface area contributed by atoms with Gasteiger partial charge in [-0.3, -0.25) is 4.79 Å². The van der Waals surface area contributed by atoms with Crippen molar-refractivity contribution in [3.8, 4) is 0 Å². The molecule has 0 atom stereocenters. The molecule has 0 N–H and O–H groups in total. The third-order valence-corrected chi connectivity index (χ3v) is 5.21. The summed E-state index contributed by atoms with van der Waals surface area (Å²) in [4.78, 5) is 15.0. The molecule has 0 spiro atoms. The number of hydrogen-bond donors (Lipinski definition) is 0. The van der Waals surface area contributed by atoms with Crippen molar-refractivity contribution in [1.29, 1.82) is 0 Å². The summed E-state index contributed by atoms with van der Waals surface area (Å²) in [6, 6.07) is 11.3. The zero-order valence-corrected chi connectivity index (χ0v) is 13.1. The third kappa shape index (κ3) is 3.66. The number of amides is 1. The zero-order valence-electron chi connectivity index (χ0n) is 13.1. The molecule has 1 aromatic carbocycles. The first-order valence-corrected chi connectivity index (χ1v) is 8.63. The minimum atomic E-state index is 0.351. The van der Waals surface area contributed by atoms with Crippen LogP contribution in [0, 0.1) is 5.92 Å². The van der Waals surface area contributed by atoms with Crippen molar-refractivity contribution in [2.45, 2.75) is 70.4 Å². The molecular weight excluding hydrogens is 258 g/mol. The lowest BCUT2D eigenvalue weighted by Gasteiger charge is -2.37. The Morgan fingerprint density at radius 1 is 1.00 bits per heavy atom. The van der Waals surface area contributed by atoms with Gasteiger partial charge in [0.05, 0.1) is 6.42 Å².